The fourth-order valence-electron chi connectivity index (χ4n) is 2.21. The van der Waals surface area contributed by atoms with Crippen molar-refractivity contribution in [3.8, 4) is 0 Å². The minimum atomic E-state index is -0.184. The molecule has 0 saturated carbocycles. The van der Waals surface area contributed by atoms with Gasteiger partial charge in [0.15, 0.2) is 0 Å². The summed E-state index contributed by atoms with van der Waals surface area (Å²) < 4.78 is 5.43. The molecule has 6 heteroatoms. The smallest absolute Gasteiger partial charge is 0.241 e. The van der Waals surface area contributed by atoms with Crippen LogP contribution in [-0.4, -0.2) is 74.6 Å². The van der Waals surface area contributed by atoms with Crippen molar-refractivity contribution in [3.05, 3.63) is 0 Å². The summed E-state index contributed by atoms with van der Waals surface area (Å²) in [5, 5.41) is 3.35. The molecule has 1 saturated heterocycles. The van der Waals surface area contributed by atoms with Crippen molar-refractivity contribution in [1.82, 2.24) is 15.1 Å². The van der Waals surface area contributed by atoms with Crippen molar-refractivity contribution in [2.45, 2.75) is 26.3 Å². The summed E-state index contributed by atoms with van der Waals surface area (Å²) in [6, 6.07) is 0.0611. The number of hydrogen-bond donors (Lipinski definition) is 1. The van der Waals surface area contributed by atoms with Crippen molar-refractivity contribution < 1.29 is 14.3 Å². The third kappa shape index (κ3) is 4.45. The number of carbonyl (C=O) groups excluding carboxylic acids is 2. The summed E-state index contributed by atoms with van der Waals surface area (Å²) in [4.78, 5) is 27.4. The van der Waals surface area contributed by atoms with Crippen LogP contribution in [0.25, 0.3) is 0 Å². The Labute approximate surface area is 121 Å². The molecule has 1 fully saturated rings. The van der Waals surface area contributed by atoms with Gasteiger partial charge in [0.1, 0.15) is 0 Å². The van der Waals surface area contributed by atoms with Crippen LogP contribution in [0, 0.1) is 5.92 Å². The molecule has 1 aliphatic heterocycles. The van der Waals surface area contributed by atoms with Gasteiger partial charge in [-0.05, 0) is 19.9 Å². The van der Waals surface area contributed by atoms with Crippen LogP contribution in [0.5, 0.6) is 0 Å². The van der Waals surface area contributed by atoms with Gasteiger partial charge in [0.05, 0.1) is 25.7 Å². The molecule has 20 heavy (non-hydrogen) atoms. The SMILES string of the molecule is CCCNC1COCC1C(=O)N(CC)CC(=O)N(C)C. The second-order valence-corrected chi connectivity index (χ2v) is 5.35. The number of hydrogen-bond acceptors (Lipinski definition) is 4. The third-order valence-electron chi connectivity index (χ3n) is 3.57. The van der Waals surface area contributed by atoms with E-state index < -0.39 is 0 Å². The van der Waals surface area contributed by atoms with E-state index in [1.165, 1.54) is 4.90 Å². The van der Waals surface area contributed by atoms with Crippen LogP contribution < -0.4 is 5.32 Å². The molecular weight excluding hydrogens is 258 g/mol. The first-order chi connectivity index (χ1) is 9.51. The van der Waals surface area contributed by atoms with Gasteiger partial charge in [-0.25, -0.2) is 0 Å². The van der Waals surface area contributed by atoms with E-state index in [-0.39, 0.29) is 30.3 Å². The van der Waals surface area contributed by atoms with Crippen molar-refractivity contribution in [3.63, 3.8) is 0 Å². The first-order valence-electron chi connectivity index (χ1n) is 7.31. The molecular formula is C14H27N3O3. The van der Waals surface area contributed by atoms with Crippen molar-refractivity contribution in [2.24, 2.45) is 5.92 Å². The summed E-state index contributed by atoms with van der Waals surface area (Å²) in [6.07, 6.45) is 1.02. The van der Waals surface area contributed by atoms with Crippen molar-refractivity contribution in [2.75, 3.05) is 46.9 Å². The van der Waals surface area contributed by atoms with Crippen LogP contribution >= 0.6 is 0 Å². The third-order valence-corrected chi connectivity index (χ3v) is 3.57. The van der Waals surface area contributed by atoms with Gasteiger partial charge in [-0.2, -0.15) is 0 Å². The maximum absolute atomic E-state index is 12.5. The Bertz CT molecular complexity index is 334. The minimum absolute atomic E-state index is 0.00815. The molecule has 1 aliphatic rings. The van der Waals surface area contributed by atoms with Gasteiger partial charge in [-0.1, -0.05) is 6.92 Å². The Morgan fingerprint density at radius 2 is 1.95 bits per heavy atom. The molecule has 2 unspecified atom stereocenters. The molecule has 116 valence electrons. The fourth-order valence-corrected chi connectivity index (χ4v) is 2.21. The lowest BCUT2D eigenvalue weighted by Crippen LogP contribution is -2.48. The van der Waals surface area contributed by atoms with Crippen molar-refractivity contribution in [1.29, 1.82) is 0 Å². The maximum atomic E-state index is 12.5. The summed E-state index contributed by atoms with van der Waals surface area (Å²) >= 11 is 0. The average Bonchev–Trinajstić information content (AvgIpc) is 2.89. The quantitative estimate of drug-likeness (QED) is 0.712. The largest absolute Gasteiger partial charge is 0.379 e. The molecule has 0 bridgehead atoms. The van der Waals surface area contributed by atoms with Gasteiger partial charge in [0.25, 0.3) is 0 Å². The highest BCUT2D eigenvalue weighted by Crippen LogP contribution is 2.17. The highest BCUT2D eigenvalue weighted by atomic mass is 16.5. The van der Waals surface area contributed by atoms with Gasteiger partial charge < -0.3 is 19.9 Å². The van der Waals surface area contributed by atoms with E-state index in [1.807, 2.05) is 6.92 Å². The standard InChI is InChI=1S/C14H27N3O3/c1-5-7-15-12-10-20-9-11(12)14(19)17(6-2)8-13(18)16(3)4/h11-12,15H,5-10H2,1-4H3. The van der Waals surface area contributed by atoms with Crippen molar-refractivity contribution >= 4 is 11.8 Å². The lowest BCUT2D eigenvalue weighted by atomic mass is 10.0. The van der Waals surface area contributed by atoms with Crippen LogP contribution in [0.15, 0.2) is 0 Å². The highest BCUT2D eigenvalue weighted by molar-refractivity contribution is 5.86. The number of amides is 2. The van der Waals surface area contributed by atoms with Crippen LogP contribution in [-0.2, 0) is 14.3 Å². The van der Waals surface area contributed by atoms with Gasteiger partial charge in [0.2, 0.25) is 11.8 Å². The number of likely N-dealkylation sites (N-methyl/N-ethyl adjacent to an activating group) is 2. The van der Waals surface area contributed by atoms with E-state index in [4.69, 9.17) is 4.74 Å². The van der Waals surface area contributed by atoms with Gasteiger partial charge in [-0.15, -0.1) is 0 Å². The lowest BCUT2D eigenvalue weighted by Gasteiger charge is -2.27. The number of rotatable bonds is 7. The molecule has 1 heterocycles. The molecule has 0 aliphatic carbocycles. The van der Waals surface area contributed by atoms with Gasteiger partial charge in [-0.3, -0.25) is 9.59 Å². The molecule has 0 aromatic rings. The van der Waals surface area contributed by atoms with Crippen LogP contribution in [0.3, 0.4) is 0 Å². The molecule has 0 spiro atoms. The van der Waals surface area contributed by atoms with E-state index in [0.29, 0.717) is 19.8 Å². The highest BCUT2D eigenvalue weighted by Gasteiger charge is 2.36. The number of ether oxygens (including phenoxy) is 1. The molecule has 1 rings (SSSR count). The molecule has 0 aromatic heterocycles. The Morgan fingerprint density at radius 3 is 2.50 bits per heavy atom. The predicted molar refractivity (Wildman–Crippen MR) is 77.3 cm³/mol. The van der Waals surface area contributed by atoms with E-state index in [9.17, 15) is 9.59 Å². The molecule has 2 atom stereocenters. The van der Waals surface area contributed by atoms with E-state index in [0.717, 1.165) is 13.0 Å². The Kier molecular flexibility index (Phi) is 6.95. The van der Waals surface area contributed by atoms with E-state index >= 15 is 0 Å². The monoisotopic (exact) mass is 285 g/mol. The summed E-state index contributed by atoms with van der Waals surface area (Å²) in [5.41, 5.74) is 0. The van der Waals surface area contributed by atoms with E-state index in [1.54, 1.807) is 19.0 Å². The second kappa shape index (κ2) is 8.21. The average molecular weight is 285 g/mol. The molecule has 0 radical (unpaired) electrons. The molecule has 6 nitrogen and oxygen atoms in total. The first kappa shape index (κ1) is 16.9. The van der Waals surface area contributed by atoms with Gasteiger partial charge in [0, 0.05) is 26.7 Å². The Morgan fingerprint density at radius 1 is 1.25 bits per heavy atom. The summed E-state index contributed by atoms with van der Waals surface area (Å²) in [5.74, 6) is -0.234. The molecule has 2 amide bonds. The first-order valence-corrected chi connectivity index (χ1v) is 7.31. The Balaban J connectivity index is 2.62. The topological polar surface area (TPSA) is 61.9 Å². The minimum Gasteiger partial charge on any atom is -0.379 e. The van der Waals surface area contributed by atoms with E-state index in [2.05, 4.69) is 12.2 Å². The Hall–Kier alpha value is -1.14. The lowest BCUT2D eigenvalue weighted by molar-refractivity contribution is -0.142. The van der Waals surface area contributed by atoms with Crippen LogP contribution in [0.1, 0.15) is 20.3 Å². The fraction of sp³-hybridized carbons (Fsp3) is 0.857. The van der Waals surface area contributed by atoms with Crippen LogP contribution in [0.2, 0.25) is 0 Å². The van der Waals surface area contributed by atoms with Gasteiger partial charge >= 0.3 is 0 Å². The zero-order chi connectivity index (χ0) is 15.1. The maximum Gasteiger partial charge on any atom is 0.241 e. The predicted octanol–water partition coefficient (Wildman–Crippen LogP) is -0.0623. The summed E-state index contributed by atoms with van der Waals surface area (Å²) in [6.45, 7) is 6.54. The second-order valence-electron chi connectivity index (χ2n) is 5.35. The number of carbonyl (C=O) groups is 2. The summed E-state index contributed by atoms with van der Waals surface area (Å²) in [7, 11) is 3.40. The molecule has 1 N–H and O–H groups in total. The number of nitrogens with one attached hydrogen (secondary N) is 1. The zero-order valence-corrected chi connectivity index (χ0v) is 13.0. The van der Waals surface area contributed by atoms with Crippen LogP contribution in [0.4, 0.5) is 0 Å². The zero-order valence-electron chi connectivity index (χ0n) is 13.0. The molecule has 0 aromatic carbocycles. The normalized spacial score (nSPS) is 21.8. The number of nitrogens with zero attached hydrogens (tertiary/aromatic N) is 2.